The van der Waals surface area contributed by atoms with Crippen molar-refractivity contribution in [1.29, 1.82) is 0 Å². The van der Waals surface area contributed by atoms with Crippen molar-refractivity contribution in [3.05, 3.63) is 65.8 Å². The fraction of sp³-hybridized carbons (Fsp3) is 0.250. The number of hydrogen-bond acceptors (Lipinski definition) is 5. The predicted molar refractivity (Wildman–Crippen MR) is 95.7 cm³/mol. The van der Waals surface area contributed by atoms with Crippen LogP contribution < -0.4 is 4.74 Å². The standard InChI is InChI=1S/C20H18FN3O3/c1-26-17-10-3-2-8-15(17)18-22-19(27-23-18)16-9-5-11-24(16)20(25)13-6-4-7-14(21)12-13/h2-4,6-8,10,12,16H,5,9,11H2,1H3/t16-/m0/s1. The second kappa shape index (κ2) is 7.19. The summed E-state index contributed by atoms with van der Waals surface area (Å²) in [4.78, 5) is 19.0. The fourth-order valence-corrected chi connectivity index (χ4v) is 3.36. The van der Waals surface area contributed by atoms with Gasteiger partial charge in [0.15, 0.2) is 0 Å². The Morgan fingerprint density at radius 2 is 2.11 bits per heavy atom. The van der Waals surface area contributed by atoms with Crippen LogP contribution in [0.15, 0.2) is 53.1 Å². The van der Waals surface area contributed by atoms with E-state index in [1.54, 1.807) is 18.1 Å². The maximum absolute atomic E-state index is 13.5. The summed E-state index contributed by atoms with van der Waals surface area (Å²) >= 11 is 0. The van der Waals surface area contributed by atoms with Crippen molar-refractivity contribution in [2.24, 2.45) is 0 Å². The minimum Gasteiger partial charge on any atom is -0.496 e. The van der Waals surface area contributed by atoms with E-state index in [9.17, 15) is 9.18 Å². The lowest BCUT2D eigenvalue weighted by Gasteiger charge is -2.21. The summed E-state index contributed by atoms with van der Waals surface area (Å²) in [6.45, 7) is 0.562. The zero-order chi connectivity index (χ0) is 18.8. The number of hydrogen-bond donors (Lipinski definition) is 0. The van der Waals surface area contributed by atoms with Gasteiger partial charge in [-0.25, -0.2) is 4.39 Å². The monoisotopic (exact) mass is 367 g/mol. The summed E-state index contributed by atoms with van der Waals surface area (Å²) in [7, 11) is 1.58. The lowest BCUT2D eigenvalue weighted by Crippen LogP contribution is -2.30. The highest BCUT2D eigenvalue weighted by Crippen LogP contribution is 2.34. The fourth-order valence-electron chi connectivity index (χ4n) is 3.36. The number of benzene rings is 2. The van der Waals surface area contributed by atoms with Crippen LogP contribution in [0.1, 0.15) is 35.1 Å². The molecule has 0 unspecified atom stereocenters. The summed E-state index contributed by atoms with van der Waals surface area (Å²) in [5.74, 6) is 0.747. The van der Waals surface area contributed by atoms with Gasteiger partial charge in [-0.15, -0.1) is 0 Å². The number of halogens is 1. The van der Waals surface area contributed by atoms with E-state index in [0.717, 1.165) is 12.0 Å². The zero-order valence-electron chi connectivity index (χ0n) is 14.8. The van der Waals surface area contributed by atoms with Gasteiger partial charge in [-0.1, -0.05) is 23.4 Å². The maximum atomic E-state index is 13.5. The Labute approximate surface area is 155 Å². The molecule has 2 aromatic carbocycles. The number of nitrogens with zero attached hydrogens (tertiary/aromatic N) is 3. The highest BCUT2D eigenvalue weighted by atomic mass is 19.1. The van der Waals surface area contributed by atoms with Gasteiger partial charge < -0.3 is 14.2 Å². The van der Waals surface area contributed by atoms with Crippen molar-refractivity contribution in [3.8, 4) is 17.1 Å². The van der Waals surface area contributed by atoms with E-state index in [1.807, 2.05) is 24.3 Å². The first-order chi connectivity index (χ1) is 13.2. The molecule has 6 nitrogen and oxygen atoms in total. The first kappa shape index (κ1) is 17.2. The highest BCUT2D eigenvalue weighted by molar-refractivity contribution is 5.94. The molecule has 0 aliphatic carbocycles. The molecule has 1 aliphatic heterocycles. The lowest BCUT2D eigenvalue weighted by molar-refractivity contribution is 0.0709. The van der Waals surface area contributed by atoms with Crippen LogP contribution in [-0.2, 0) is 0 Å². The number of likely N-dealkylation sites (tertiary alicyclic amines) is 1. The van der Waals surface area contributed by atoms with Gasteiger partial charge in [-0.05, 0) is 43.2 Å². The van der Waals surface area contributed by atoms with Gasteiger partial charge in [0.05, 0.1) is 12.7 Å². The van der Waals surface area contributed by atoms with Crippen LogP contribution in [0.3, 0.4) is 0 Å². The summed E-state index contributed by atoms with van der Waals surface area (Å²) in [6, 6.07) is 12.8. The molecule has 1 atom stereocenters. The van der Waals surface area contributed by atoms with Crippen LogP contribution in [0.2, 0.25) is 0 Å². The zero-order valence-corrected chi connectivity index (χ0v) is 14.8. The van der Waals surface area contributed by atoms with Crippen LogP contribution in [0.4, 0.5) is 4.39 Å². The molecule has 0 spiro atoms. The first-order valence-corrected chi connectivity index (χ1v) is 8.71. The number of ether oxygens (including phenoxy) is 1. The van der Waals surface area contributed by atoms with Crippen LogP contribution in [0.25, 0.3) is 11.4 Å². The molecule has 1 fully saturated rings. The predicted octanol–water partition coefficient (Wildman–Crippen LogP) is 3.86. The van der Waals surface area contributed by atoms with E-state index < -0.39 is 5.82 Å². The molecule has 2 heterocycles. The Morgan fingerprint density at radius 1 is 1.26 bits per heavy atom. The molecule has 7 heteroatoms. The number of para-hydroxylation sites is 1. The third-order valence-corrected chi connectivity index (χ3v) is 4.66. The van der Waals surface area contributed by atoms with Crippen molar-refractivity contribution in [2.45, 2.75) is 18.9 Å². The second-order valence-electron chi connectivity index (χ2n) is 6.32. The summed E-state index contributed by atoms with van der Waals surface area (Å²) in [6.07, 6.45) is 1.53. The molecule has 4 rings (SSSR count). The van der Waals surface area contributed by atoms with Gasteiger partial charge in [-0.3, -0.25) is 4.79 Å². The van der Waals surface area contributed by atoms with Crippen LogP contribution >= 0.6 is 0 Å². The Kier molecular flexibility index (Phi) is 4.58. The summed E-state index contributed by atoms with van der Waals surface area (Å²) < 4.78 is 24.3. The molecule has 0 N–H and O–H groups in total. The number of methoxy groups -OCH3 is 1. The molecule has 1 saturated heterocycles. The molecular formula is C20H18FN3O3. The molecule has 1 amide bonds. The van der Waals surface area contributed by atoms with E-state index in [1.165, 1.54) is 18.2 Å². The van der Waals surface area contributed by atoms with Crippen molar-refractivity contribution < 1.29 is 18.4 Å². The number of amides is 1. The molecule has 0 saturated carbocycles. The van der Waals surface area contributed by atoms with Crippen LogP contribution in [0, 0.1) is 5.82 Å². The van der Waals surface area contributed by atoms with Gasteiger partial charge in [0.2, 0.25) is 11.7 Å². The molecule has 0 bridgehead atoms. The first-order valence-electron chi connectivity index (χ1n) is 8.71. The Morgan fingerprint density at radius 3 is 2.93 bits per heavy atom. The minimum atomic E-state index is -0.437. The third kappa shape index (κ3) is 3.28. The quantitative estimate of drug-likeness (QED) is 0.700. The Bertz CT molecular complexity index is 972. The molecule has 1 aliphatic rings. The number of carbonyl (C=O) groups excluding carboxylic acids is 1. The molecule has 27 heavy (non-hydrogen) atoms. The Balaban J connectivity index is 1.61. The van der Waals surface area contributed by atoms with E-state index in [2.05, 4.69) is 10.1 Å². The molecule has 1 aromatic heterocycles. The normalized spacial score (nSPS) is 16.5. The molecule has 138 valence electrons. The van der Waals surface area contributed by atoms with E-state index in [4.69, 9.17) is 9.26 Å². The molecule has 0 radical (unpaired) electrons. The van der Waals surface area contributed by atoms with E-state index in [-0.39, 0.29) is 11.9 Å². The van der Waals surface area contributed by atoms with Crippen molar-refractivity contribution in [3.63, 3.8) is 0 Å². The van der Waals surface area contributed by atoms with Crippen molar-refractivity contribution in [1.82, 2.24) is 15.0 Å². The number of carbonyl (C=O) groups is 1. The van der Waals surface area contributed by atoms with Crippen LogP contribution in [0.5, 0.6) is 5.75 Å². The Hall–Kier alpha value is -3.22. The summed E-state index contributed by atoms with van der Waals surface area (Å²) in [5, 5.41) is 4.06. The van der Waals surface area contributed by atoms with Gasteiger partial charge in [0, 0.05) is 12.1 Å². The molecule has 3 aromatic rings. The maximum Gasteiger partial charge on any atom is 0.254 e. The van der Waals surface area contributed by atoms with Crippen molar-refractivity contribution >= 4 is 5.91 Å². The highest BCUT2D eigenvalue weighted by Gasteiger charge is 2.34. The number of rotatable bonds is 4. The summed E-state index contributed by atoms with van der Waals surface area (Å²) in [5.41, 5.74) is 1.03. The van der Waals surface area contributed by atoms with Gasteiger partial charge in [0.1, 0.15) is 17.6 Å². The average Bonchev–Trinajstić information content (AvgIpc) is 3.36. The molecular weight excluding hydrogens is 349 g/mol. The van der Waals surface area contributed by atoms with Gasteiger partial charge in [-0.2, -0.15) is 4.98 Å². The number of aromatic nitrogens is 2. The van der Waals surface area contributed by atoms with Gasteiger partial charge >= 0.3 is 0 Å². The lowest BCUT2D eigenvalue weighted by atomic mass is 10.1. The second-order valence-corrected chi connectivity index (χ2v) is 6.32. The average molecular weight is 367 g/mol. The minimum absolute atomic E-state index is 0.242. The van der Waals surface area contributed by atoms with Crippen molar-refractivity contribution in [2.75, 3.05) is 13.7 Å². The largest absolute Gasteiger partial charge is 0.496 e. The SMILES string of the molecule is COc1ccccc1-c1noc([C@@H]2CCCN2C(=O)c2cccc(F)c2)n1. The van der Waals surface area contributed by atoms with Gasteiger partial charge in [0.25, 0.3) is 5.91 Å². The van der Waals surface area contributed by atoms with Crippen LogP contribution in [-0.4, -0.2) is 34.6 Å². The topological polar surface area (TPSA) is 68.5 Å². The third-order valence-electron chi connectivity index (χ3n) is 4.66. The van der Waals surface area contributed by atoms with E-state index in [0.29, 0.717) is 36.0 Å². The van der Waals surface area contributed by atoms with E-state index >= 15 is 0 Å². The smallest absolute Gasteiger partial charge is 0.254 e.